The Morgan fingerprint density at radius 1 is 0.545 bits per heavy atom. The van der Waals surface area contributed by atoms with Crippen molar-refractivity contribution in [2.24, 2.45) is 0 Å². The quantitative estimate of drug-likeness (QED) is 0.237. The largest absolute Gasteiger partial charge is 0.454 e. The molecule has 7 rings (SSSR count). The number of benzene rings is 5. The van der Waals surface area contributed by atoms with Gasteiger partial charge in [-0.2, -0.15) is 0 Å². The van der Waals surface area contributed by atoms with E-state index in [2.05, 4.69) is 124 Å². The van der Waals surface area contributed by atoms with Gasteiger partial charge in [0.15, 0.2) is 0 Å². The summed E-state index contributed by atoms with van der Waals surface area (Å²) in [6.45, 7) is 0. The molecule has 0 saturated carbocycles. The lowest BCUT2D eigenvalue weighted by Crippen LogP contribution is -1.93. The third-order valence-corrected chi connectivity index (χ3v) is 7.10. The van der Waals surface area contributed by atoms with Crippen molar-refractivity contribution in [1.29, 1.82) is 0 Å². The van der Waals surface area contributed by atoms with E-state index < -0.39 is 0 Å². The predicted molar refractivity (Wildman–Crippen MR) is 141 cm³/mol. The number of furan rings is 1. The number of hydrogen-bond donors (Lipinski definition) is 0. The lowest BCUT2D eigenvalue weighted by atomic mass is 10.0. The fraction of sp³-hybridized carbons (Fsp3) is 0. The van der Waals surface area contributed by atoms with Crippen LogP contribution in [0.25, 0.3) is 60.6 Å². The molecule has 0 fully saturated rings. The molecule has 33 heavy (non-hydrogen) atoms. The minimum absolute atomic E-state index is 0.888. The Bertz CT molecular complexity index is 1830. The zero-order valence-electron chi connectivity index (χ0n) is 17.6. The van der Waals surface area contributed by atoms with Crippen molar-refractivity contribution in [3.63, 3.8) is 0 Å². The molecule has 0 atom stereocenters. The highest BCUT2D eigenvalue weighted by Gasteiger charge is 2.16. The maximum Gasteiger partial charge on any atom is 0.149 e. The van der Waals surface area contributed by atoms with Gasteiger partial charge in [0.25, 0.3) is 0 Å². The molecule has 0 aliphatic rings. The second kappa shape index (κ2) is 7.09. The number of para-hydroxylation sites is 4. The fourth-order valence-corrected chi connectivity index (χ4v) is 5.45. The Labute approximate surface area is 198 Å². The Morgan fingerprint density at radius 2 is 1.24 bits per heavy atom. The minimum atomic E-state index is 0.888. The molecule has 5 aromatic carbocycles. The van der Waals surface area contributed by atoms with Crippen LogP contribution in [0.2, 0.25) is 0 Å². The highest BCUT2D eigenvalue weighted by molar-refractivity contribution is 9.10. The molecule has 2 aromatic heterocycles. The van der Waals surface area contributed by atoms with Crippen molar-refractivity contribution in [1.82, 2.24) is 4.57 Å². The van der Waals surface area contributed by atoms with Gasteiger partial charge < -0.3 is 8.98 Å². The van der Waals surface area contributed by atoms with Gasteiger partial charge in [0.05, 0.1) is 15.5 Å². The third kappa shape index (κ3) is 2.73. The lowest BCUT2D eigenvalue weighted by molar-refractivity contribution is 0.668. The van der Waals surface area contributed by atoms with Gasteiger partial charge in [-0.25, -0.2) is 0 Å². The zero-order valence-corrected chi connectivity index (χ0v) is 19.2. The average molecular weight is 488 g/mol. The number of fused-ring (bicyclic) bond motifs is 6. The number of rotatable bonds is 2. The van der Waals surface area contributed by atoms with Gasteiger partial charge in [0.2, 0.25) is 0 Å². The molecule has 3 heteroatoms. The molecular weight excluding hydrogens is 470 g/mol. The van der Waals surface area contributed by atoms with Crippen molar-refractivity contribution in [3.8, 4) is 16.8 Å². The summed E-state index contributed by atoms with van der Waals surface area (Å²) in [5.41, 5.74) is 7.61. The van der Waals surface area contributed by atoms with E-state index in [1.165, 1.54) is 21.8 Å². The van der Waals surface area contributed by atoms with Crippen molar-refractivity contribution < 1.29 is 4.42 Å². The van der Waals surface area contributed by atoms with Gasteiger partial charge in [0, 0.05) is 32.8 Å². The monoisotopic (exact) mass is 487 g/mol. The Balaban J connectivity index is 1.56. The van der Waals surface area contributed by atoms with Crippen molar-refractivity contribution in [2.75, 3.05) is 0 Å². The van der Waals surface area contributed by atoms with Crippen LogP contribution in [0.1, 0.15) is 0 Å². The molecule has 0 amide bonds. The van der Waals surface area contributed by atoms with Crippen LogP contribution in [0.4, 0.5) is 0 Å². The van der Waals surface area contributed by atoms with Crippen LogP contribution in [0.3, 0.4) is 0 Å². The van der Waals surface area contributed by atoms with E-state index in [9.17, 15) is 0 Å². The van der Waals surface area contributed by atoms with Crippen molar-refractivity contribution in [3.05, 3.63) is 114 Å². The summed E-state index contributed by atoms with van der Waals surface area (Å²) in [7, 11) is 0. The summed E-state index contributed by atoms with van der Waals surface area (Å²) in [6, 6.07) is 38.5. The van der Waals surface area contributed by atoms with E-state index in [-0.39, 0.29) is 0 Å². The van der Waals surface area contributed by atoms with Crippen LogP contribution >= 0.6 is 15.9 Å². The summed E-state index contributed by atoms with van der Waals surface area (Å²) in [6.07, 6.45) is 0. The maximum atomic E-state index is 6.40. The standard InChI is InChI=1S/C30H18BrNO/c31-26-14-7-13-25-24-12-6-11-21(29(24)33-30(25)26)19-16-17-23-22-10-4-5-15-27(22)32(28(23)18-19)20-8-2-1-3-9-20/h1-18H. The Kier molecular flexibility index (Phi) is 4.02. The van der Waals surface area contributed by atoms with Crippen molar-refractivity contribution in [2.45, 2.75) is 0 Å². The molecule has 0 aliphatic heterocycles. The van der Waals surface area contributed by atoms with Gasteiger partial charge in [-0.05, 0) is 51.8 Å². The number of hydrogen-bond acceptors (Lipinski definition) is 1. The first kappa shape index (κ1) is 18.7. The molecule has 156 valence electrons. The Hall–Kier alpha value is -3.82. The zero-order chi connectivity index (χ0) is 21.9. The third-order valence-electron chi connectivity index (χ3n) is 6.48. The van der Waals surface area contributed by atoms with Crippen LogP contribution in [-0.2, 0) is 0 Å². The highest BCUT2D eigenvalue weighted by atomic mass is 79.9. The summed E-state index contributed by atoms with van der Waals surface area (Å²) in [4.78, 5) is 0. The minimum Gasteiger partial charge on any atom is -0.454 e. The first-order chi connectivity index (χ1) is 16.3. The van der Waals surface area contributed by atoms with Crippen LogP contribution in [0.15, 0.2) is 118 Å². The molecule has 0 N–H and O–H groups in total. The molecule has 0 radical (unpaired) electrons. The van der Waals surface area contributed by atoms with Gasteiger partial charge in [-0.15, -0.1) is 0 Å². The van der Waals surface area contributed by atoms with E-state index >= 15 is 0 Å². The summed E-state index contributed by atoms with van der Waals surface area (Å²) in [5, 5.41) is 4.76. The average Bonchev–Trinajstić information content (AvgIpc) is 3.41. The van der Waals surface area contributed by atoms with Gasteiger partial charge in [-0.1, -0.05) is 78.9 Å². The summed E-state index contributed by atoms with van der Waals surface area (Å²) in [5.74, 6) is 0. The molecule has 0 spiro atoms. The molecule has 0 aliphatic carbocycles. The van der Waals surface area contributed by atoms with E-state index in [1.807, 2.05) is 6.07 Å². The second-order valence-electron chi connectivity index (χ2n) is 8.32. The fourth-order valence-electron chi connectivity index (χ4n) is 5.01. The topological polar surface area (TPSA) is 18.1 Å². The van der Waals surface area contributed by atoms with E-state index in [4.69, 9.17) is 4.42 Å². The number of halogens is 1. The first-order valence-corrected chi connectivity index (χ1v) is 11.8. The van der Waals surface area contributed by atoms with Crippen LogP contribution in [0.5, 0.6) is 0 Å². The van der Waals surface area contributed by atoms with E-state index in [1.54, 1.807) is 0 Å². The number of aromatic nitrogens is 1. The van der Waals surface area contributed by atoms with Gasteiger partial charge in [0.1, 0.15) is 11.2 Å². The van der Waals surface area contributed by atoms with Crippen molar-refractivity contribution >= 4 is 59.7 Å². The second-order valence-corrected chi connectivity index (χ2v) is 9.18. The highest BCUT2D eigenvalue weighted by Crippen LogP contribution is 2.40. The molecule has 7 aromatic rings. The maximum absolute atomic E-state index is 6.40. The first-order valence-electron chi connectivity index (χ1n) is 11.0. The van der Waals surface area contributed by atoms with Crippen LogP contribution < -0.4 is 0 Å². The summed E-state index contributed by atoms with van der Waals surface area (Å²) >= 11 is 3.65. The normalized spacial score (nSPS) is 11.8. The molecular formula is C30H18BrNO. The van der Waals surface area contributed by atoms with Crippen LogP contribution in [-0.4, -0.2) is 4.57 Å². The SMILES string of the molecule is Brc1cccc2c1oc1c(-c3ccc4c5ccccc5n(-c5ccccc5)c4c3)cccc12. The molecule has 2 heterocycles. The molecule has 0 unspecified atom stereocenters. The summed E-state index contributed by atoms with van der Waals surface area (Å²) < 4.78 is 9.73. The number of nitrogens with zero attached hydrogens (tertiary/aromatic N) is 1. The predicted octanol–water partition coefficient (Wildman–Crippen LogP) is 9.11. The smallest absolute Gasteiger partial charge is 0.149 e. The van der Waals surface area contributed by atoms with Gasteiger partial charge >= 0.3 is 0 Å². The van der Waals surface area contributed by atoms with Crippen LogP contribution in [0, 0.1) is 0 Å². The molecule has 0 saturated heterocycles. The van der Waals surface area contributed by atoms with Gasteiger partial charge in [-0.3, -0.25) is 0 Å². The lowest BCUT2D eigenvalue weighted by Gasteiger charge is -2.09. The molecule has 0 bridgehead atoms. The molecule has 2 nitrogen and oxygen atoms in total. The van der Waals surface area contributed by atoms with E-state index in [0.717, 1.165) is 43.2 Å². The van der Waals surface area contributed by atoms with E-state index in [0.29, 0.717) is 0 Å². The Morgan fingerprint density at radius 3 is 2.12 bits per heavy atom.